The van der Waals surface area contributed by atoms with Gasteiger partial charge >= 0.3 is 12.4 Å². The molecule has 3 amide bonds. The summed E-state index contributed by atoms with van der Waals surface area (Å²) < 4.78 is 41.0. The van der Waals surface area contributed by atoms with E-state index in [1.807, 2.05) is 13.8 Å². The smallest absolute Gasteiger partial charge is 0.405 e. The number of nitrogens with two attached hydrogens (primary N) is 1. The van der Waals surface area contributed by atoms with E-state index < -0.39 is 30.1 Å². The number of hydrogen-bond donors (Lipinski definition) is 3. The van der Waals surface area contributed by atoms with Gasteiger partial charge in [-0.15, -0.1) is 13.2 Å². The molecule has 0 unspecified atom stereocenters. The van der Waals surface area contributed by atoms with Crippen LogP contribution in [-0.4, -0.2) is 24.3 Å². The highest BCUT2D eigenvalue weighted by Gasteiger charge is 2.32. The minimum atomic E-state index is -4.83. The maximum atomic E-state index is 12.4. The molecule has 0 saturated heterocycles. The van der Waals surface area contributed by atoms with Gasteiger partial charge in [0, 0.05) is 12.1 Å². The van der Waals surface area contributed by atoms with E-state index in [-0.39, 0.29) is 18.0 Å². The van der Waals surface area contributed by atoms with Crippen molar-refractivity contribution >= 4 is 11.9 Å². The molecule has 1 aromatic carbocycles. The van der Waals surface area contributed by atoms with Gasteiger partial charge in [0.25, 0.3) is 0 Å². The fraction of sp³-hybridized carbons (Fsp3) is 0.467. The summed E-state index contributed by atoms with van der Waals surface area (Å²) in [6.45, 7) is 3.53. The van der Waals surface area contributed by atoms with Crippen molar-refractivity contribution in [1.82, 2.24) is 10.6 Å². The lowest BCUT2D eigenvalue weighted by atomic mass is 10.0. The van der Waals surface area contributed by atoms with Gasteiger partial charge in [0.05, 0.1) is 0 Å². The number of alkyl halides is 3. The van der Waals surface area contributed by atoms with Gasteiger partial charge in [0.1, 0.15) is 11.8 Å². The molecule has 24 heavy (non-hydrogen) atoms. The van der Waals surface area contributed by atoms with Crippen molar-refractivity contribution in [3.05, 3.63) is 29.8 Å². The molecule has 1 rings (SSSR count). The van der Waals surface area contributed by atoms with Gasteiger partial charge in [-0.05, 0) is 18.4 Å². The van der Waals surface area contributed by atoms with Gasteiger partial charge in [0.2, 0.25) is 5.91 Å². The van der Waals surface area contributed by atoms with Crippen molar-refractivity contribution in [3.8, 4) is 5.75 Å². The Morgan fingerprint density at radius 2 is 1.88 bits per heavy atom. The number of carbonyl (C=O) groups excluding carboxylic acids is 2. The van der Waals surface area contributed by atoms with Gasteiger partial charge in [-0.3, -0.25) is 4.79 Å². The number of amides is 3. The third-order valence-electron chi connectivity index (χ3n) is 2.99. The average Bonchev–Trinajstić information content (AvgIpc) is 2.42. The van der Waals surface area contributed by atoms with Gasteiger partial charge in [-0.25, -0.2) is 4.79 Å². The summed E-state index contributed by atoms with van der Waals surface area (Å²) in [5.41, 5.74) is 5.19. The summed E-state index contributed by atoms with van der Waals surface area (Å²) in [4.78, 5) is 23.1. The van der Waals surface area contributed by atoms with Gasteiger partial charge < -0.3 is 21.1 Å². The predicted octanol–water partition coefficient (Wildman–Crippen LogP) is 2.28. The maximum Gasteiger partial charge on any atom is 0.573 e. The van der Waals surface area contributed by atoms with Crippen molar-refractivity contribution in [2.45, 2.75) is 39.2 Å². The molecule has 0 saturated carbocycles. The second-order valence-corrected chi connectivity index (χ2v) is 5.56. The van der Waals surface area contributed by atoms with E-state index in [0.29, 0.717) is 6.42 Å². The number of carbonyl (C=O) groups is 2. The minimum absolute atomic E-state index is 0.105. The lowest BCUT2D eigenvalue weighted by Gasteiger charge is -2.19. The first kappa shape index (κ1) is 19.6. The Kier molecular flexibility index (Phi) is 6.87. The molecular formula is C15H20F3N3O3. The predicted molar refractivity (Wildman–Crippen MR) is 80.9 cm³/mol. The van der Waals surface area contributed by atoms with Crippen LogP contribution in [0, 0.1) is 5.92 Å². The third-order valence-corrected chi connectivity index (χ3v) is 2.99. The normalized spacial score (nSPS) is 12.6. The Hall–Kier alpha value is -2.45. The second-order valence-electron chi connectivity index (χ2n) is 5.56. The summed E-state index contributed by atoms with van der Waals surface area (Å²) in [7, 11) is 0. The topological polar surface area (TPSA) is 93.5 Å². The quantitative estimate of drug-likeness (QED) is 0.706. The van der Waals surface area contributed by atoms with Crippen molar-refractivity contribution in [2.75, 3.05) is 0 Å². The molecule has 1 atom stereocenters. The Balaban J connectivity index is 2.76. The number of ether oxygens (including phenoxy) is 1. The second kappa shape index (κ2) is 8.42. The van der Waals surface area contributed by atoms with E-state index in [4.69, 9.17) is 5.73 Å². The van der Waals surface area contributed by atoms with Crippen molar-refractivity contribution in [1.29, 1.82) is 0 Å². The van der Waals surface area contributed by atoms with Crippen LogP contribution < -0.4 is 21.1 Å². The molecule has 0 aromatic heterocycles. The molecular weight excluding hydrogens is 327 g/mol. The third kappa shape index (κ3) is 7.21. The van der Waals surface area contributed by atoms with E-state index in [2.05, 4.69) is 15.4 Å². The molecule has 0 aliphatic rings. The highest BCUT2D eigenvalue weighted by atomic mass is 19.4. The highest BCUT2D eigenvalue weighted by molar-refractivity contribution is 5.86. The zero-order chi connectivity index (χ0) is 18.3. The Morgan fingerprint density at radius 1 is 1.25 bits per heavy atom. The molecule has 134 valence electrons. The molecule has 0 aliphatic heterocycles. The van der Waals surface area contributed by atoms with E-state index in [1.54, 1.807) is 0 Å². The molecule has 0 bridgehead atoms. The molecule has 0 aliphatic carbocycles. The summed E-state index contributed by atoms with van der Waals surface area (Å²) in [6.07, 6.45) is -4.48. The van der Waals surface area contributed by atoms with Crippen molar-refractivity contribution in [3.63, 3.8) is 0 Å². The van der Waals surface area contributed by atoms with Crippen LogP contribution in [-0.2, 0) is 11.3 Å². The number of hydrogen-bond acceptors (Lipinski definition) is 3. The highest BCUT2D eigenvalue weighted by Crippen LogP contribution is 2.26. The zero-order valence-electron chi connectivity index (χ0n) is 13.3. The largest absolute Gasteiger partial charge is 0.573 e. The van der Waals surface area contributed by atoms with Crippen LogP contribution in [0.25, 0.3) is 0 Å². The molecule has 0 fully saturated rings. The molecule has 6 nitrogen and oxygen atoms in total. The fourth-order valence-electron chi connectivity index (χ4n) is 2.05. The number of rotatable bonds is 7. The lowest BCUT2D eigenvalue weighted by molar-refractivity contribution is -0.274. The SMILES string of the molecule is CC(C)C[C@H](NC(N)=O)C(=O)NCc1ccccc1OC(F)(F)F. The molecule has 0 heterocycles. The van der Waals surface area contributed by atoms with Crippen LogP contribution in [0.1, 0.15) is 25.8 Å². The molecule has 4 N–H and O–H groups in total. The molecule has 0 spiro atoms. The van der Waals surface area contributed by atoms with E-state index in [1.165, 1.54) is 18.2 Å². The number of nitrogens with one attached hydrogen (secondary N) is 2. The van der Waals surface area contributed by atoms with Crippen LogP contribution >= 0.6 is 0 Å². The van der Waals surface area contributed by atoms with Crippen LogP contribution in [0.5, 0.6) is 5.75 Å². The lowest BCUT2D eigenvalue weighted by Crippen LogP contribution is -2.49. The Bertz CT molecular complexity index is 577. The summed E-state index contributed by atoms with van der Waals surface area (Å²) in [5, 5.41) is 4.80. The number of benzene rings is 1. The minimum Gasteiger partial charge on any atom is -0.405 e. The summed E-state index contributed by atoms with van der Waals surface area (Å²) in [6, 6.07) is 3.76. The van der Waals surface area contributed by atoms with E-state index in [0.717, 1.165) is 6.07 Å². The number of urea groups is 1. The van der Waals surface area contributed by atoms with Crippen LogP contribution in [0.15, 0.2) is 24.3 Å². The van der Waals surface area contributed by atoms with Gasteiger partial charge in [-0.2, -0.15) is 0 Å². The maximum absolute atomic E-state index is 12.4. The first-order chi connectivity index (χ1) is 11.1. The number of para-hydroxylation sites is 1. The standard InChI is InChI=1S/C15H20F3N3O3/c1-9(2)7-11(21-14(19)23)13(22)20-8-10-5-3-4-6-12(10)24-15(16,17)18/h3-6,9,11H,7-8H2,1-2H3,(H,20,22)(H3,19,21,23)/t11-/m0/s1. The van der Waals surface area contributed by atoms with Crippen LogP contribution in [0.3, 0.4) is 0 Å². The van der Waals surface area contributed by atoms with Crippen LogP contribution in [0.4, 0.5) is 18.0 Å². The first-order valence-corrected chi connectivity index (χ1v) is 7.26. The first-order valence-electron chi connectivity index (χ1n) is 7.26. The van der Waals surface area contributed by atoms with E-state index in [9.17, 15) is 22.8 Å². The molecule has 0 radical (unpaired) electrons. The van der Waals surface area contributed by atoms with Gasteiger partial charge in [0.15, 0.2) is 0 Å². The molecule has 9 heteroatoms. The number of halogens is 3. The zero-order valence-corrected chi connectivity index (χ0v) is 13.3. The fourth-order valence-corrected chi connectivity index (χ4v) is 2.05. The molecule has 1 aromatic rings. The summed E-state index contributed by atoms with van der Waals surface area (Å²) >= 11 is 0. The van der Waals surface area contributed by atoms with Crippen molar-refractivity contribution < 1.29 is 27.5 Å². The van der Waals surface area contributed by atoms with Crippen LogP contribution in [0.2, 0.25) is 0 Å². The van der Waals surface area contributed by atoms with Gasteiger partial charge in [-0.1, -0.05) is 32.0 Å². The van der Waals surface area contributed by atoms with E-state index >= 15 is 0 Å². The Labute approximate surface area is 137 Å². The summed E-state index contributed by atoms with van der Waals surface area (Å²) in [5.74, 6) is -0.827. The number of primary amides is 1. The Morgan fingerprint density at radius 3 is 2.42 bits per heavy atom. The monoisotopic (exact) mass is 347 g/mol. The average molecular weight is 347 g/mol. The van der Waals surface area contributed by atoms with Crippen molar-refractivity contribution in [2.24, 2.45) is 11.7 Å².